The molecule has 2 aromatic carbocycles. The van der Waals surface area contributed by atoms with Gasteiger partial charge in [-0.3, -0.25) is 0 Å². The Kier molecular flexibility index (Phi) is 3.74. The summed E-state index contributed by atoms with van der Waals surface area (Å²) in [5, 5.41) is 0. The van der Waals surface area contributed by atoms with Crippen molar-refractivity contribution in [1.82, 2.24) is 0 Å². The molecule has 4 heteroatoms. The van der Waals surface area contributed by atoms with Gasteiger partial charge in [-0.2, -0.15) is 0 Å². The minimum atomic E-state index is -0.874. The van der Waals surface area contributed by atoms with Crippen LogP contribution in [0.25, 0.3) is 0 Å². The molecule has 0 aliphatic heterocycles. The van der Waals surface area contributed by atoms with E-state index >= 15 is 0 Å². The third-order valence-electron chi connectivity index (χ3n) is 3.34. The second-order valence-electron chi connectivity index (χ2n) is 5.15. The molecule has 4 nitrogen and oxygen atoms in total. The Morgan fingerprint density at radius 3 is 1.64 bits per heavy atom. The molecule has 0 bridgehead atoms. The second-order valence-corrected chi connectivity index (χ2v) is 5.15. The number of hydrogen-bond acceptors (Lipinski definition) is 4. The van der Waals surface area contributed by atoms with Crippen molar-refractivity contribution in [3.8, 4) is 11.5 Å². The molecule has 1 aliphatic rings. The minimum Gasteiger partial charge on any atom is -0.448 e. The number of benzene rings is 2. The molecule has 0 fully saturated rings. The Hall–Kier alpha value is -2.88. The third-order valence-corrected chi connectivity index (χ3v) is 3.34. The Balaban J connectivity index is 1.84. The minimum absolute atomic E-state index is 0.609. The van der Waals surface area contributed by atoms with Crippen molar-refractivity contribution in [2.75, 3.05) is 11.5 Å². The lowest BCUT2D eigenvalue weighted by Crippen LogP contribution is -2.40. The van der Waals surface area contributed by atoms with Gasteiger partial charge in [-0.1, -0.05) is 18.2 Å². The highest BCUT2D eigenvalue weighted by atomic mass is 16.7. The summed E-state index contributed by atoms with van der Waals surface area (Å²) in [4.78, 5) is 0. The molecule has 0 saturated carbocycles. The van der Waals surface area contributed by atoms with Crippen LogP contribution in [-0.4, -0.2) is 5.79 Å². The molecular weight excluding hydrogens is 276 g/mol. The Morgan fingerprint density at radius 2 is 1.23 bits per heavy atom. The fourth-order valence-corrected chi connectivity index (χ4v) is 2.22. The Labute approximate surface area is 129 Å². The van der Waals surface area contributed by atoms with Gasteiger partial charge < -0.3 is 20.9 Å². The summed E-state index contributed by atoms with van der Waals surface area (Å²) in [5.74, 6) is 0.523. The van der Waals surface area contributed by atoms with Gasteiger partial charge in [0, 0.05) is 17.8 Å². The highest BCUT2D eigenvalue weighted by Gasteiger charge is 2.32. The molecule has 0 saturated heterocycles. The molecule has 0 amide bonds. The van der Waals surface area contributed by atoms with Crippen LogP contribution in [0.5, 0.6) is 11.5 Å². The maximum absolute atomic E-state index is 6.09. The zero-order valence-corrected chi connectivity index (χ0v) is 12.1. The summed E-state index contributed by atoms with van der Waals surface area (Å²) in [6.45, 7) is 0. The summed E-state index contributed by atoms with van der Waals surface area (Å²) < 4.78 is 12.2. The Morgan fingerprint density at radius 1 is 0.727 bits per heavy atom. The molecule has 4 N–H and O–H groups in total. The van der Waals surface area contributed by atoms with Crippen LogP contribution in [0.4, 0.5) is 11.4 Å². The van der Waals surface area contributed by atoms with E-state index < -0.39 is 5.79 Å². The van der Waals surface area contributed by atoms with Crippen LogP contribution in [0.2, 0.25) is 0 Å². The first-order chi connectivity index (χ1) is 10.7. The van der Waals surface area contributed by atoms with Crippen molar-refractivity contribution in [2.24, 2.45) is 0 Å². The second kappa shape index (κ2) is 5.85. The van der Waals surface area contributed by atoms with E-state index in [1.165, 1.54) is 0 Å². The first-order valence-corrected chi connectivity index (χ1v) is 7.09. The summed E-state index contributed by atoms with van der Waals surface area (Å²) >= 11 is 0. The van der Waals surface area contributed by atoms with E-state index in [2.05, 4.69) is 0 Å². The average molecular weight is 294 g/mol. The van der Waals surface area contributed by atoms with E-state index in [0.717, 1.165) is 0 Å². The van der Waals surface area contributed by atoms with E-state index in [9.17, 15) is 0 Å². The van der Waals surface area contributed by atoms with Crippen molar-refractivity contribution in [2.45, 2.75) is 12.2 Å². The number of anilines is 2. The van der Waals surface area contributed by atoms with Crippen molar-refractivity contribution in [1.29, 1.82) is 0 Å². The highest BCUT2D eigenvalue weighted by Crippen LogP contribution is 2.30. The summed E-state index contributed by atoms with van der Waals surface area (Å²) in [7, 11) is 0. The smallest absolute Gasteiger partial charge is 0.274 e. The number of nitrogens with two attached hydrogens (primary N) is 2. The molecule has 0 spiro atoms. The van der Waals surface area contributed by atoms with Crippen LogP contribution in [0.3, 0.4) is 0 Å². The lowest BCUT2D eigenvalue weighted by atomic mass is 10.1. The highest BCUT2D eigenvalue weighted by molar-refractivity contribution is 5.43. The molecule has 0 aromatic heterocycles. The lowest BCUT2D eigenvalue weighted by molar-refractivity contribution is -0.0687. The van der Waals surface area contributed by atoms with E-state index in [0.29, 0.717) is 29.3 Å². The van der Waals surface area contributed by atoms with Gasteiger partial charge in [-0.15, -0.1) is 0 Å². The molecule has 0 radical (unpaired) electrons. The van der Waals surface area contributed by atoms with Crippen LogP contribution in [0.15, 0.2) is 72.8 Å². The van der Waals surface area contributed by atoms with Crippen molar-refractivity contribution in [3.63, 3.8) is 0 Å². The SMILES string of the molecule is Nc1ccc(OC2(Oc3ccc(N)cc3)C=CC=CC2)cc1. The predicted octanol–water partition coefficient (Wildman–Crippen LogP) is 3.52. The fraction of sp³-hybridized carbons (Fsp3) is 0.111. The lowest BCUT2D eigenvalue weighted by Gasteiger charge is -2.32. The molecule has 1 aliphatic carbocycles. The molecule has 0 unspecified atom stereocenters. The van der Waals surface area contributed by atoms with E-state index in [1.54, 1.807) is 24.3 Å². The average Bonchev–Trinajstić information content (AvgIpc) is 2.53. The van der Waals surface area contributed by atoms with Gasteiger partial charge in [0.25, 0.3) is 5.79 Å². The maximum Gasteiger partial charge on any atom is 0.274 e. The Bertz CT molecular complexity index is 641. The molecule has 0 atom stereocenters. The zero-order valence-electron chi connectivity index (χ0n) is 12.1. The number of hydrogen-bond donors (Lipinski definition) is 2. The number of allylic oxidation sites excluding steroid dienone is 2. The van der Waals surface area contributed by atoms with Crippen LogP contribution >= 0.6 is 0 Å². The van der Waals surface area contributed by atoms with Gasteiger partial charge in [0.2, 0.25) is 0 Å². The normalized spacial score (nSPS) is 15.5. The molecule has 3 rings (SSSR count). The van der Waals surface area contributed by atoms with E-state index in [1.807, 2.05) is 48.6 Å². The largest absolute Gasteiger partial charge is 0.448 e. The number of rotatable bonds is 4. The third kappa shape index (κ3) is 3.23. The van der Waals surface area contributed by atoms with Gasteiger partial charge in [0.1, 0.15) is 11.5 Å². The van der Waals surface area contributed by atoms with Crippen molar-refractivity contribution >= 4 is 11.4 Å². The predicted molar refractivity (Wildman–Crippen MR) is 88.6 cm³/mol. The maximum atomic E-state index is 6.09. The fourth-order valence-electron chi connectivity index (χ4n) is 2.22. The van der Waals surface area contributed by atoms with Gasteiger partial charge in [0.15, 0.2) is 0 Å². The topological polar surface area (TPSA) is 70.5 Å². The van der Waals surface area contributed by atoms with Crippen LogP contribution in [0, 0.1) is 0 Å². The standard InChI is InChI=1S/C18H18N2O2/c19-14-4-8-16(9-5-14)21-18(12-2-1-3-13-18)22-17-10-6-15(20)7-11-17/h1-12H,13,19-20H2. The summed E-state index contributed by atoms with van der Waals surface area (Å²) in [6.07, 6.45) is 8.40. The van der Waals surface area contributed by atoms with Gasteiger partial charge in [-0.25, -0.2) is 0 Å². The first kappa shape index (κ1) is 14.1. The number of ether oxygens (including phenoxy) is 2. The number of nitrogen functional groups attached to an aromatic ring is 2. The van der Waals surface area contributed by atoms with Crippen molar-refractivity contribution in [3.05, 3.63) is 72.8 Å². The molecule has 2 aromatic rings. The molecule has 112 valence electrons. The summed E-state index contributed by atoms with van der Waals surface area (Å²) in [6, 6.07) is 14.5. The van der Waals surface area contributed by atoms with Gasteiger partial charge in [-0.05, 0) is 54.6 Å². The van der Waals surface area contributed by atoms with E-state index in [-0.39, 0.29) is 0 Å². The first-order valence-electron chi connectivity index (χ1n) is 7.09. The quantitative estimate of drug-likeness (QED) is 0.668. The zero-order chi connectivity index (χ0) is 15.4. The van der Waals surface area contributed by atoms with Crippen LogP contribution in [0.1, 0.15) is 6.42 Å². The van der Waals surface area contributed by atoms with Gasteiger partial charge in [0.05, 0.1) is 0 Å². The monoisotopic (exact) mass is 294 g/mol. The molecular formula is C18H18N2O2. The van der Waals surface area contributed by atoms with Crippen LogP contribution < -0.4 is 20.9 Å². The summed E-state index contributed by atoms with van der Waals surface area (Å²) in [5.41, 5.74) is 12.8. The van der Waals surface area contributed by atoms with Crippen LogP contribution in [-0.2, 0) is 0 Å². The van der Waals surface area contributed by atoms with E-state index in [4.69, 9.17) is 20.9 Å². The molecule has 22 heavy (non-hydrogen) atoms. The van der Waals surface area contributed by atoms with Gasteiger partial charge >= 0.3 is 0 Å². The van der Waals surface area contributed by atoms with Crippen molar-refractivity contribution < 1.29 is 9.47 Å². The molecule has 0 heterocycles.